The average molecular weight is 153 g/mol. The molecule has 0 atom stereocenters. The smallest absolute Gasteiger partial charge is 0.127 e. The summed E-state index contributed by atoms with van der Waals surface area (Å²) in [5.74, 6) is 0.747. The van der Waals surface area contributed by atoms with Crippen LogP contribution in [0.15, 0.2) is 5.16 Å². The highest BCUT2D eigenvalue weighted by Gasteiger charge is 2.20. The summed E-state index contributed by atoms with van der Waals surface area (Å²) >= 11 is 0. The Labute approximate surface area is 67.6 Å². The summed E-state index contributed by atoms with van der Waals surface area (Å²) in [4.78, 5) is 5.32. The lowest BCUT2D eigenvalue weighted by molar-refractivity contribution is 0.0651. The highest BCUT2D eigenvalue weighted by Crippen LogP contribution is 2.27. The average Bonchev–Trinajstić information content (AvgIpc) is 2.66. The summed E-state index contributed by atoms with van der Waals surface area (Å²) in [5.41, 5.74) is 0. The topological polar surface area (TPSA) is 21.6 Å². The second-order valence-corrected chi connectivity index (χ2v) is 3.60. The molecule has 0 saturated heterocycles. The minimum atomic E-state index is 0.435. The van der Waals surface area contributed by atoms with Gasteiger partial charge in [-0.25, -0.2) is 0 Å². The molecule has 0 aromatic carbocycles. The van der Waals surface area contributed by atoms with E-state index in [9.17, 15) is 0 Å². The van der Waals surface area contributed by atoms with E-state index in [4.69, 9.17) is 4.84 Å². The van der Waals surface area contributed by atoms with Gasteiger partial charge in [-0.2, -0.15) is 0 Å². The maximum atomic E-state index is 5.32. The molecule has 2 nitrogen and oxygen atoms in total. The Morgan fingerprint density at radius 2 is 1.82 bits per heavy atom. The van der Waals surface area contributed by atoms with Crippen LogP contribution in [0.25, 0.3) is 0 Å². The van der Waals surface area contributed by atoms with Gasteiger partial charge in [0.25, 0.3) is 0 Å². The third-order valence-electron chi connectivity index (χ3n) is 2.41. The van der Waals surface area contributed by atoms with Gasteiger partial charge >= 0.3 is 0 Å². The molecule has 62 valence electrons. The van der Waals surface area contributed by atoms with Gasteiger partial charge < -0.3 is 4.84 Å². The first-order valence-corrected chi connectivity index (χ1v) is 4.64. The van der Waals surface area contributed by atoms with Crippen LogP contribution in [0.3, 0.4) is 0 Å². The van der Waals surface area contributed by atoms with Crippen LogP contribution >= 0.6 is 0 Å². The molecule has 0 unspecified atom stereocenters. The van der Waals surface area contributed by atoms with E-state index in [1.807, 2.05) is 6.21 Å². The number of hydrogen-bond acceptors (Lipinski definition) is 2. The third kappa shape index (κ3) is 2.21. The minimum absolute atomic E-state index is 0.435. The zero-order valence-corrected chi connectivity index (χ0v) is 6.83. The van der Waals surface area contributed by atoms with Crippen LogP contribution in [0.4, 0.5) is 0 Å². The number of hydrogen-bond donors (Lipinski definition) is 0. The molecule has 0 aliphatic heterocycles. The van der Waals surface area contributed by atoms with Crippen molar-refractivity contribution in [2.45, 2.75) is 44.6 Å². The number of oxime groups is 1. The molecular formula is C9H15NO. The molecule has 2 aliphatic rings. The lowest BCUT2D eigenvalue weighted by atomic mass is 10.3. The predicted molar refractivity (Wildman–Crippen MR) is 44.6 cm³/mol. The van der Waals surface area contributed by atoms with E-state index in [0.717, 1.165) is 5.92 Å². The van der Waals surface area contributed by atoms with Crippen molar-refractivity contribution in [3.05, 3.63) is 0 Å². The van der Waals surface area contributed by atoms with Crippen LogP contribution in [-0.4, -0.2) is 12.3 Å². The first kappa shape index (κ1) is 7.14. The molecule has 11 heavy (non-hydrogen) atoms. The molecule has 0 aromatic rings. The molecule has 0 heterocycles. The second kappa shape index (κ2) is 3.24. The normalized spacial score (nSPS) is 26.5. The van der Waals surface area contributed by atoms with Crippen LogP contribution in [0.2, 0.25) is 0 Å². The summed E-state index contributed by atoms with van der Waals surface area (Å²) in [7, 11) is 0. The Kier molecular flexibility index (Phi) is 2.11. The van der Waals surface area contributed by atoms with Gasteiger partial charge in [-0.05, 0) is 44.4 Å². The van der Waals surface area contributed by atoms with Crippen molar-refractivity contribution in [3.8, 4) is 0 Å². The van der Waals surface area contributed by atoms with Gasteiger partial charge in [0.05, 0.1) is 0 Å². The van der Waals surface area contributed by atoms with Crippen LogP contribution in [0.5, 0.6) is 0 Å². The Balaban J connectivity index is 1.64. The molecule has 2 saturated carbocycles. The fourth-order valence-electron chi connectivity index (χ4n) is 1.45. The Hall–Kier alpha value is -0.530. The van der Waals surface area contributed by atoms with Crippen molar-refractivity contribution < 1.29 is 4.84 Å². The van der Waals surface area contributed by atoms with Gasteiger partial charge in [0.15, 0.2) is 0 Å². The standard InChI is InChI=1S/C9H15NO/c1-2-4-9(3-1)11-10-7-8-5-6-8/h7-9H,1-6H2. The summed E-state index contributed by atoms with van der Waals surface area (Å²) in [5, 5.41) is 3.99. The SMILES string of the molecule is C(=NOC1CCCC1)C1CC1. The van der Waals surface area contributed by atoms with Gasteiger partial charge in [0.2, 0.25) is 0 Å². The van der Waals surface area contributed by atoms with Crippen molar-refractivity contribution in [1.29, 1.82) is 0 Å². The quantitative estimate of drug-likeness (QED) is 0.450. The van der Waals surface area contributed by atoms with Gasteiger partial charge in [-0.3, -0.25) is 0 Å². The lowest BCUT2D eigenvalue weighted by Gasteiger charge is -2.04. The van der Waals surface area contributed by atoms with E-state index in [1.165, 1.54) is 38.5 Å². The molecule has 2 aliphatic carbocycles. The van der Waals surface area contributed by atoms with Crippen molar-refractivity contribution in [2.24, 2.45) is 11.1 Å². The van der Waals surface area contributed by atoms with Crippen molar-refractivity contribution in [3.63, 3.8) is 0 Å². The van der Waals surface area contributed by atoms with Gasteiger partial charge in [-0.1, -0.05) is 5.16 Å². The third-order valence-corrected chi connectivity index (χ3v) is 2.41. The lowest BCUT2D eigenvalue weighted by Crippen LogP contribution is -2.02. The molecule has 2 fully saturated rings. The molecule has 0 bridgehead atoms. The predicted octanol–water partition coefficient (Wildman–Crippen LogP) is 2.34. The Morgan fingerprint density at radius 3 is 2.45 bits per heavy atom. The molecule has 2 rings (SSSR count). The van der Waals surface area contributed by atoms with Gasteiger partial charge in [0.1, 0.15) is 6.10 Å². The van der Waals surface area contributed by atoms with Crippen molar-refractivity contribution >= 4 is 6.21 Å². The zero-order chi connectivity index (χ0) is 7.52. The number of nitrogens with zero attached hydrogens (tertiary/aromatic N) is 1. The largest absolute Gasteiger partial charge is 0.393 e. The number of rotatable bonds is 3. The maximum Gasteiger partial charge on any atom is 0.127 e. The fraction of sp³-hybridized carbons (Fsp3) is 0.889. The molecule has 0 spiro atoms. The molecule has 0 amide bonds. The highest BCUT2D eigenvalue weighted by molar-refractivity contribution is 5.62. The van der Waals surface area contributed by atoms with E-state index >= 15 is 0 Å². The van der Waals surface area contributed by atoms with E-state index in [1.54, 1.807) is 0 Å². The minimum Gasteiger partial charge on any atom is -0.393 e. The van der Waals surface area contributed by atoms with Gasteiger partial charge in [-0.15, -0.1) is 0 Å². The maximum absolute atomic E-state index is 5.32. The molecule has 0 aromatic heterocycles. The fourth-order valence-corrected chi connectivity index (χ4v) is 1.45. The van der Waals surface area contributed by atoms with Gasteiger partial charge in [0, 0.05) is 6.21 Å². The summed E-state index contributed by atoms with van der Waals surface area (Å²) < 4.78 is 0. The second-order valence-electron chi connectivity index (χ2n) is 3.60. The first-order chi connectivity index (χ1) is 5.45. The zero-order valence-electron chi connectivity index (χ0n) is 6.83. The van der Waals surface area contributed by atoms with Crippen molar-refractivity contribution in [2.75, 3.05) is 0 Å². The monoisotopic (exact) mass is 153 g/mol. The highest BCUT2D eigenvalue weighted by atomic mass is 16.6. The summed E-state index contributed by atoms with van der Waals surface area (Å²) in [6.45, 7) is 0. The Morgan fingerprint density at radius 1 is 1.09 bits per heavy atom. The summed E-state index contributed by atoms with van der Waals surface area (Å²) in [6.07, 6.45) is 10.1. The van der Waals surface area contributed by atoms with Crippen molar-refractivity contribution in [1.82, 2.24) is 0 Å². The van der Waals surface area contributed by atoms with Crippen LogP contribution < -0.4 is 0 Å². The van der Waals surface area contributed by atoms with Crippen LogP contribution in [0, 0.1) is 5.92 Å². The molecule has 0 N–H and O–H groups in total. The molecular weight excluding hydrogens is 138 g/mol. The van der Waals surface area contributed by atoms with E-state index in [0.29, 0.717) is 6.10 Å². The van der Waals surface area contributed by atoms with E-state index < -0.39 is 0 Å². The Bertz CT molecular complexity index is 146. The molecule has 2 heteroatoms. The van der Waals surface area contributed by atoms with Crippen LogP contribution in [-0.2, 0) is 4.84 Å². The summed E-state index contributed by atoms with van der Waals surface area (Å²) in [6, 6.07) is 0. The van der Waals surface area contributed by atoms with E-state index in [2.05, 4.69) is 5.16 Å². The molecule has 0 radical (unpaired) electrons. The van der Waals surface area contributed by atoms with Crippen LogP contribution in [0.1, 0.15) is 38.5 Å². The van der Waals surface area contributed by atoms with E-state index in [-0.39, 0.29) is 0 Å². The first-order valence-electron chi connectivity index (χ1n) is 4.64.